The Morgan fingerprint density at radius 3 is 2.65 bits per heavy atom. The molecule has 94 valence electrons. The predicted molar refractivity (Wildman–Crippen MR) is 73.1 cm³/mol. The van der Waals surface area contributed by atoms with Gasteiger partial charge in [0.15, 0.2) is 0 Å². The van der Waals surface area contributed by atoms with Crippen LogP contribution in [0.1, 0.15) is 38.8 Å². The summed E-state index contributed by atoms with van der Waals surface area (Å²) in [6, 6.07) is 12.7. The average Bonchev–Trinajstić information content (AvgIpc) is 2.36. The SMILES string of the molecule is CCC(c1ccccc1)N1CC(C)NCC1C. The maximum absolute atomic E-state index is 3.55. The minimum Gasteiger partial charge on any atom is -0.311 e. The van der Waals surface area contributed by atoms with Crippen molar-refractivity contribution in [3.63, 3.8) is 0 Å². The van der Waals surface area contributed by atoms with E-state index in [4.69, 9.17) is 0 Å². The van der Waals surface area contributed by atoms with E-state index in [0.717, 1.165) is 13.1 Å². The van der Waals surface area contributed by atoms with Gasteiger partial charge in [-0.3, -0.25) is 4.90 Å². The molecular formula is C15H24N2. The van der Waals surface area contributed by atoms with Crippen molar-refractivity contribution >= 4 is 0 Å². The maximum Gasteiger partial charge on any atom is 0.0349 e. The number of nitrogens with zero attached hydrogens (tertiary/aromatic N) is 1. The molecule has 1 N–H and O–H groups in total. The number of benzene rings is 1. The summed E-state index contributed by atoms with van der Waals surface area (Å²) in [7, 11) is 0. The third-order valence-corrected chi connectivity index (χ3v) is 3.78. The normalized spacial score (nSPS) is 27.9. The second-order valence-electron chi connectivity index (χ2n) is 5.19. The van der Waals surface area contributed by atoms with Gasteiger partial charge in [-0.25, -0.2) is 0 Å². The second-order valence-corrected chi connectivity index (χ2v) is 5.19. The molecule has 1 fully saturated rings. The molecule has 1 aromatic carbocycles. The second kappa shape index (κ2) is 5.65. The summed E-state index contributed by atoms with van der Waals surface area (Å²) in [5.41, 5.74) is 1.45. The predicted octanol–water partition coefficient (Wildman–Crippen LogP) is 2.82. The summed E-state index contributed by atoms with van der Waals surface area (Å²) in [6.45, 7) is 9.14. The van der Waals surface area contributed by atoms with Crippen LogP contribution in [0.15, 0.2) is 30.3 Å². The molecule has 0 radical (unpaired) electrons. The molecule has 2 rings (SSSR count). The lowest BCUT2D eigenvalue weighted by Gasteiger charge is -2.42. The first-order valence-corrected chi connectivity index (χ1v) is 6.76. The minimum atomic E-state index is 0.566. The standard InChI is InChI=1S/C15H24N2/c1-4-15(14-8-6-5-7-9-14)17-11-12(2)16-10-13(17)3/h5-9,12-13,15-16H,4,10-11H2,1-3H3. The monoisotopic (exact) mass is 232 g/mol. The van der Waals surface area contributed by atoms with Crippen molar-refractivity contribution in [1.29, 1.82) is 0 Å². The van der Waals surface area contributed by atoms with Crippen LogP contribution in [0.3, 0.4) is 0 Å². The van der Waals surface area contributed by atoms with Gasteiger partial charge >= 0.3 is 0 Å². The summed E-state index contributed by atoms with van der Waals surface area (Å²) >= 11 is 0. The third kappa shape index (κ3) is 2.88. The highest BCUT2D eigenvalue weighted by molar-refractivity contribution is 5.19. The fourth-order valence-electron chi connectivity index (χ4n) is 2.82. The lowest BCUT2D eigenvalue weighted by molar-refractivity contribution is 0.0921. The smallest absolute Gasteiger partial charge is 0.0349 e. The van der Waals surface area contributed by atoms with Crippen molar-refractivity contribution < 1.29 is 0 Å². The van der Waals surface area contributed by atoms with Crippen LogP contribution < -0.4 is 5.32 Å². The quantitative estimate of drug-likeness (QED) is 0.862. The Kier molecular flexibility index (Phi) is 4.19. The molecule has 3 unspecified atom stereocenters. The highest BCUT2D eigenvalue weighted by Gasteiger charge is 2.28. The van der Waals surface area contributed by atoms with Crippen molar-refractivity contribution in [3.05, 3.63) is 35.9 Å². The molecule has 0 saturated carbocycles. The molecule has 3 atom stereocenters. The number of hydrogen-bond acceptors (Lipinski definition) is 2. The first kappa shape index (κ1) is 12.6. The molecule has 0 bridgehead atoms. The fourth-order valence-corrected chi connectivity index (χ4v) is 2.82. The van der Waals surface area contributed by atoms with Gasteiger partial charge in [0.1, 0.15) is 0 Å². The number of nitrogens with one attached hydrogen (secondary N) is 1. The lowest BCUT2D eigenvalue weighted by Crippen LogP contribution is -2.55. The Bertz CT molecular complexity index is 336. The van der Waals surface area contributed by atoms with Gasteiger partial charge in [0.25, 0.3) is 0 Å². The van der Waals surface area contributed by atoms with Gasteiger partial charge < -0.3 is 5.32 Å². The summed E-state index contributed by atoms with van der Waals surface area (Å²) < 4.78 is 0. The summed E-state index contributed by atoms with van der Waals surface area (Å²) in [5, 5.41) is 3.55. The molecule has 0 aromatic heterocycles. The van der Waals surface area contributed by atoms with Gasteiger partial charge in [0.05, 0.1) is 0 Å². The van der Waals surface area contributed by atoms with E-state index in [1.165, 1.54) is 12.0 Å². The van der Waals surface area contributed by atoms with E-state index in [1.807, 2.05) is 0 Å². The average molecular weight is 232 g/mol. The van der Waals surface area contributed by atoms with Crippen molar-refractivity contribution in [1.82, 2.24) is 10.2 Å². The van der Waals surface area contributed by atoms with Crippen LogP contribution >= 0.6 is 0 Å². The summed E-state index contributed by atoms with van der Waals surface area (Å²) in [4.78, 5) is 2.65. The zero-order valence-corrected chi connectivity index (χ0v) is 11.2. The molecule has 0 amide bonds. The summed E-state index contributed by atoms with van der Waals surface area (Å²) in [6.07, 6.45) is 1.18. The van der Waals surface area contributed by atoms with Crippen molar-refractivity contribution in [3.8, 4) is 0 Å². The van der Waals surface area contributed by atoms with Crippen molar-refractivity contribution in [2.75, 3.05) is 13.1 Å². The molecule has 1 saturated heterocycles. The highest BCUT2D eigenvalue weighted by atomic mass is 15.2. The van der Waals surface area contributed by atoms with E-state index < -0.39 is 0 Å². The van der Waals surface area contributed by atoms with E-state index in [0.29, 0.717) is 18.1 Å². The van der Waals surface area contributed by atoms with Gasteiger partial charge in [-0.2, -0.15) is 0 Å². The molecule has 2 heteroatoms. The zero-order chi connectivity index (χ0) is 12.3. The Balaban J connectivity index is 2.17. The van der Waals surface area contributed by atoms with Crippen LogP contribution in [-0.4, -0.2) is 30.1 Å². The number of piperazine rings is 1. The third-order valence-electron chi connectivity index (χ3n) is 3.78. The summed E-state index contributed by atoms with van der Waals surface area (Å²) in [5.74, 6) is 0. The fraction of sp³-hybridized carbons (Fsp3) is 0.600. The molecule has 1 heterocycles. The molecule has 0 spiro atoms. The van der Waals surface area contributed by atoms with Gasteiger partial charge in [0.2, 0.25) is 0 Å². The van der Waals surface area contributed by atoms with E-state index in [9.17, 15) is 0 Å². The van der Waals surface area contributed by atoms with Crippen LogP contribution in [0.2, 0.25) is 0 Å². The van der Waals surface area contributed by atoms with Gasteiger partial charge in [-0.1, -0.05) is 37.3 Å². The van der Waals surface area contributed by atoms with Crippen molar-refractivity contribution in [2.24, 2.45) is 0 Å². The molecule has 0 aliphatic carbocycles. The van der Waals surface area contributed by atoms with E-state index >= 15 is 0 Å². The Morgan fingerprint density at radius 1 is 1.29 bits per heavy atom. The van der Waals surface area contributed by atoms with Crippen molar-refractivity contribution in [2.45, 2.75) is 45.3 Å². The molecule has 17 heavy (non-hydrogen) atoms. The van der Waals surface area contributed by atoms with Crippen LogP contribution in [0, 0.1) is 0 Å². The van der Waals surface area contributed by atoms with Crippen LogP contribution in [-0.2, 0) is 0 Å². The first-order chi connectivity index (χ1) is 8.22. The molecule has 1 aliphatic heterocycles. The van der Waals surface area contributed by atoms with Crippen LogP contribution in [0.4, 0.5) is 0 Å². The molecule has 1 aliphatic rings. The lowest BCUT2D eigenvalue weighted by atomic mass is 9.99. The van der Waals surface area contributed by atoms with E-state index in [1.54, 1.807) is 0 Å². The topological polar surface area (TPSA) is 15.3 Å². The first-order valence-electron chi connectivity index (χ1n) is 6.76. The number of hydrogen-bond donors (Lipinski definition) is 1. The van der Waals surface area contributed by atoms with E-state index in [-0.39, 0.29) is 0 Å². The van der Waals surface area contributed by atoms with Crippen LogP contribution in [0.5, 0.6) is 0 Å². The molecular weight excluding hydrogens is 208 g/mol. The number of rotatable bonds is 3. The van der Waals surface area contributed by atoms with E-state index in [2.05, 4.69) is 61.3 Å². The minimum absolute atomic E-state index is 0.566. The van der Waals surface area contributed by atoms with Gasteiger partial charge in [-0.15, -0.1) is 0 Å². The Morgan fingerprint density at radius 2 is 2.00 bits per heavy atom. The molecule has 1 aromatic rings. The Hall–Kier alpha value is -0.860. The van der Waals surface area contributed by atoms with Gasteiger partial charge in [-0.05, 0) is 25.8 Å². The van der Waals surface area contributed by atoms with Gasteiger partial charge in [0, 0.05) is 31.2 Å². The highest BCUT2D eigenvalue weighted by Crippen LogP contribution is 2.27. The molecule has 2 nitrogen and oxygen atoms in total. The Labute approximate surface area is 105 Å². The van der Waals surface area contributed by atoms with Crippen LogP contribution in [0.25, 0.3) is 0 Å². The maximum atomic E-state index is 3.55. The largest absolute Gasteiger partial charge is 0.311 e. The zero-order valence-electron chi connectivity index (χ0n) is 11.2.